The van der Waals surface area contributed by atoms with Crippen LogP contribution in [0.4, 0.5) is 0 Å². The zero-order valence-corrected chi connectivity index (χ0v) is 17.8. The van der Waals surface area contributed by atoms with Crippen molar-refractivity contribution in [2.24, 2.45) is 0 Å². The van der Waals surface area contributed by atoms with E-state index in [9.17, 15) is 9.59 Å². The monoisotopic (exact) mass is 414 g/mol. The molecule has 3 rings (SSSR count). The summed E-state index contributed by atoms with van der Waals surface area (Å²) in [5.74, 6) is 0.559. The maximum atomic E-state index is 12.6. The van der Waals surface area contributed by atoms with E-state index in [2.05, 4.69) is 15.1 Å². The van der Waals surface area contributed by atoms with Crippen molar-refractivity contribution in [2.75, 3.05) is 12.4 Å². The van der Waals surface area contributed by atoms with Crippen LogP contribution in [0, 0.1) is 34.6 Å². The third kappa shape index (κ3) is 4.92. The molecule has 0 aliphatic rings. The number of ether oxygens (including phenoxy) is 1. The Hall–Kier alpha value is -2.94. The van der Waals surface area contributed by atoms with Crippen molar-refractivity contribution in [1.82, 2.24) is 19.7 Å². The Morgan fingerprint density at radius 1 is 1.07 bits per heavy atom. The number of carbonyl (C=O) groups excluding carboxylic acids is 2. The number of rotatable bonds is 7. The van der Waals surface area contributed by atoms with E-state index in [1.165, 1.54) is 11.8 Å². The standard InChI is InChI=1S/C20H22N4O4S/c1-11-6-12(2)22-20(21-11)29-10-19(26)27-9-17(25)16-7-13(3)24(15(16)5)18-8-14(4)28-23-18/h6-8H,9-10H2,1-5H3. The summed E-state index contributed by atoms with van der Waals surface area (Å²) in [6, 6.07) is 5.41. The molecule has 0 radical (unpaired) electrons. The Morgan fingerprint density at radius 3 is 2.38 bits per heavy atom. The van der Waals surface area contributed by atoms with Crippen molar-refractivity contribution in [2.45, 2.75) is 39.8 Å². The summed E-state index contributed by atoms with van der Waals surface area (Å²) in [5, 5.41) is 4.51. The first-order valence-electron chi connectivity index (χ1n) is 9.01. The molecule has 0 aliphatic heterocycles. The molecule has 8 nitrogen and oxygen atoms in total. The molecule has 0 spiro atoms. The molecule has 0 atom stereocenters. The molecule has 0 aromatic carbocycles. The number of hydrogen-bond donors (Lipinski definition) is 0. The Labute approximate surface area is 172 Å². The zero-order valence-electron chi connectivity index (χ0n) is 17.0. The lowest BCUT2D eigenvalue weighted by Crippen LogP contribution is -2.16. The highest BCUT2D eigenvalue weighted by Crippen LogP contribution is 2.21. The summed E-state index contributed by atoms with van der Waals surface area (Å²) >= 11 is 1.18. The number of carbonyl (C=O) groups is 2. The average Bonchev–Trinajstić information content (AvgIpc) is 3.19. The summed E-state index contributed by atoms with van der Waals surface area (Å²) in [6.45, 7) is 8.91. The van der Waals surface area contributed by atoms with E-state index in [-0.39, 0.29) is 18.1 Å². The molecule has 0 unspecified atom stereocenters. The molecule has 0 amide bonds. The average molecular weight is 414 g/mol. The first kappa shape index (κ1) is 20.8. The Balaban J connectivity index is 1.60. The highest BCUT2D eigenvalue weighted by Gasteiger charge is 2.19. The Kier molecular flexibility index (Phi) is 6.17. The van der Waals surface area contributed by atoms with Crippen LogP contribution in [0.25, 0.3) is 5.82 Å². The van der Waals surface area contributed by atoms with E-state index in [1.807, 2.05) is 38.3 Å². The van der Waals surface area contributed by atoms with Crippen LogP contribution in [0.5, 0.6) is 0 Å². The van der Waals surface area contributed by atoms with Crippen molar-refractivity contribution < 1.29 is 18.8 Å². The van der Waals surface area contributed by atoms with Gasteiger partial charge in [-0.25, -0.2) is 9.97 Å². The molecule has 3 aromatic heterocycles. The van der Waals surface area contributed by atoms with Crippen molar-refractivity contribution >= 4 is 23.5 Å². The third-order valence-corrected chi connectivity index (χ3v) is 5.04. The number of ketones is 1. The van der Waals surface area contributed by atoms with Crippen LogP contribution in [-0.2, 0) is 9.53 Å². The largest absolute Gasteiger partial charge is 0.457 e. The highest BCUT2D eigenvalue weighted by atomic mass is 32.2. The second-order valence-electron chi connectivity index (χ2n) is 6.72. The zero-order chi connectivity index (χ0) is 21.1. The molecular weight excluding hydrogens is 392 g/mol. The van der Waals surface area contributed by atoms with E-state index >= 15 is 0 Å². The lowest BCUT2D eigenvalue weighted by Gasteiger charge is -2.06. The molecule has 0 aliphatic carbocycles. The van der Waals surface area contributed by atoms with Crippen LogP contribution in [0.15, 0.2) is 27.9 Å². The minimum atomic E-state index is -0.493. The Morgan fingerprint density at radius 2 is 1.76 bits per heavy atom. The van der Waals surface area contributed by atoms with Crippen molar-refractivity contribution in [3.8, 4) is 5.82 Å². The number of aromatic nitrogens is 4. The lowest BCUT2D eigenvalue weighted by atomic mass is 10.1. The summed E-state index contributed by atoms with van der Waals surface area (Å²) in [6.07, 6.45) is 0. The number of Topliss-reactive ketones (excluding diaryl/α,β-unsaturated/α-hetero) is 1. The quantitative estimate of drug-likeness (QED) is 0.251. The maximum Gasteiger partial charge on any atom is 0.316 e. The first-order valence-corrected chi connectivity index (χ1v) is 9.99. The van der Waals surface area contributed by atoms with Gasteiger partial charge >= 0.3 is 5.97 Å². The maximum absolute atomic E-state index is 12.6. The van der Waals surface area contributed by atoms with Gasteiger partial charge in [-0.1, -0.05) is 16.9 Å². The number of aryl methyl sites for hydroxylation is 4. The van der Waals surface area contributed by atoms with E-state index in [1.54, 1.807) is 19.1 Å². The van der Waals surface area contributed by atoms with Crippen LogP contribution in [0.3, 0.4) is 0 Å². The minimum Gasteiger partial charge on any atom is -0.457 e. The van der Waals surface area contributed by atoms with Gasteiger partial charge in [-0.15, -0.1) is 0 Å². The fraction of sp³-hybridized carbons (Fsp3) is 0.350. The third-order valence-electron chi connectivity index (χ3n) is 4.22. The van der Waals surface area contributed by atoms with Gasteiger partial charge in [-0.3, -0.25) is 14.2 Å². The predicted molar refractivity (Wildman–Crippen MR) is 108 cm³/mol. The fourth-order valence-electron chi connectivity index (χ4n) is 3.00. The summed E-state index contributed by atoms with van der Waals surface area (Å²) < 4.78 is 12.1. The minimum absolute atomic E-state index is 0.0351. The van der Waals surface area contributed by atoms with E-state index in [0.717, 1.165) is 22.8 Å². The highest BCUT2D eigenvalue weighted by molar-refractivity contribution is 7.99. The van der Waals surface area contributed by atoms with Gasteiger partial charge in [0.25, 0.3) is 0 Å². The van der Waals surface area contributed by atoms with Gasteiger partial charge in [0.2, 0.25) is 5.78 Å². The van der Waals surface area contributed by atoms with Crippen LogP contribution in [-0.4, -0.2) is 43.8 Å². The molecule has 0 N–H and O–H groups in total. The van der Waals surface area contributed by atoms with E-state index in [4.69, 9.17) is 9.26 Å². The molecule has 29 heavy (non-hydrogen) atoms. The number of nitrogens with zero attached hydrogens (tertiary/aromatic N) is 4. The molecule has 0 saturated carbocycles. The Bertz CT molecular complexity index is 1050. The first-order chi connectivity index (χ1) is 13.7. The molecule has 3 heterocycles. The number of hydrogen-bond acceptors (Lipinski definition) is 8. The van der Waals surface area contributed by atoms with E-state index < -0.39 is 5.97 Å². The van der Waals surface area contributed by atoms with Crippen LogP contribution >= 0.6 is 11.8 Å². The summed E-state index contributed by atoms with van der Waals surface area (Å²) in [4.78, 5) is 33.1. The van der Waals surface area contributed by atoms with E-state index in [0.29, 0.717) is 22.3 Å². The van der Waals surface area contributed by atoms with Gasteiger partial charge in [0, 0.05) is 34.4 Å². The second-order valence-corrected chi connectivity index (χ2v) is 7.66. The molecule has 0 bridgehead atoms. The topological polar surface area (TPSA) is 100 Å². The van der Waals surface area contributed by atoms with Crippen molar-refractivity contribution in [3.63, 3.8) is 0 Å². The SMILES string of the molecule is Cc1cc(C)nc(SCC(=O)OCC(=O)c2cc(C)n(-c3cc(C)on3)c2C)n1. The van der Waals surface area contributed by atoms with Crippen molar-refractivity contribution in [1.29, 1.82) is 0 Å². The number of thioether (sulfide) groups is 1. The van der Waals surface area contributed by atoms with Crippen LogP contribution < -0.4 is 0 Å². The van der Waals surface area contributed by atoms with Crippen LogP contribution in [0.2, 0.25) is 0 Å². The summed E-state index contributed by atoms with van der Waals surface area (Å²) in [5.41, 5.74) is 3.71. The normalized spacial score (nSPS) is 10.9. The molecule has 3 aromatic rings. The van der Waals surface area contributed by atoms with Crippen molar-refractivity contribution in [3.05, 3.63) is 52.3 Å². The smallest absolute Gasteiger partial charge is 0.316 e. The second kappa shape index (κ2) is 8.60. The van der Waals surface area contributed by atoms with Crippen LogP contribution in [0.1, 0.15) is 38.9 Å². The fourth-order valence-corrected chi connectivity index (χ4v) is 3.75. The van der Waals surface area contributed by atoms with Gasteiger partial charge in [-0.2, -0.15) is 0 Å². The van der Waals surface area contributed by atoms with Gasteiger partial charge in [-0.05, 0) is 46.8 Å². The molecule has 152 valence electrons. The lowest BCUT2D eigenvalue weighted by molar-refractivity contribution is -0.139. The van der Waals surface area contributed by atoms with Gasteiger partial charge < -0.3 is 9.26 Å². The summed E-state index contributed by atoms with van der Waals surface area (Å²) in [7, 11) is 0. The van der Waals surface area contributed by atoms with Gasteiger partial charge in [0.15, 0.2) is 17.6 Å². The molecular formula is C20H22N4O4S. The van der Waals surface area contributed by atoms with Gasteiger partial charge in [0.05, 0.1) is 5.75 Å². The molecule has 0 fully saturated rings. The number of esters is 1. The predicted octanol–water partition coefficient (Wildman–Crippen LogP) is 3.32. The molecule has 9 heteroatoms. The van der Waals surface area contributed by atoms with Gasteiger partial charge in [0.1, 0.15) is 5.76 Å². The molecule has 0 saturated heterocycles.